The van der Waals surface area contributed by atoms with Gasteiger partial charge in [0.1, 0.15) is 4.83 Å². The van der Waals surface area contributed by atoms with Gasteiger partial charge in [0.25, 0.3) is 0 Å². The average molecular weight is 721 g/mol. The molecular formula is C50H32N4S. The molecule has 5 heterocycles. The highest BCUT2D eigenvalue weighted by Gasteiger charge is 2.43. The van der Waals surface area contributed by atoms with E-state index in [1.165, 1.54) is 71.2 Å². The van der Waals surface area contributed by atoms with Gasteiger partial charge in [-0.25, -0.2) is 9.97 Å². The summed E-state index contributed by atoms with van der Waals surface area (Å²) in [5.74, 6) is 0.911. The van der Waals surface area contributed by atoms with Gasteiger partial charge in [-0.3, -0.25) is 4.57 Å². The summed E-state index contributed by atoms with van der Waals surface area (Å²) in [5.41, 5.74) is 16.0. The number of anilines is 2. The van der Waals surface area contributed by atoms with Crippen LogP contribution in [0.4, 0.5) is 11.4 Å². The summed E-state index contributed by atoms with van der Waals surface area (Å²) >= 11 is 1.76. The number of fused-ring (bicyclic) bond motifs is 16. The second-order valence-corrected chi connectivity index (χ2v) is 16.2. The van der Waals surface area contributed by atoms with Crippen LogP contribution in [0.3, 0.4) is 0 Å². The van der Waals surface area contributed by atoms with Crippen molar-refractivity contribution < 1.29 is 0 Å². The van der Waals surface area contributed by atoms with Gasteiger partial charge in [0, 0.05) is 54.5 Å². The highest BCUT2D eigenvalue weighted by atomic mass is 32.1. The van der Waals surface area contributed by atoms with Gasteiger partial charge >= 0.3 is 0 Å². The van der Waals surface area contributed by atoms with Gasteiger partial charge in [0.05, 0.1) is 28.5 Å². The maximum Gasteiger partial charge on any atom is 0.236 e. The summed E-state index contributed by atoms with van der Waals surface area (Å²) in [4.78, 5) is 14.8. The topological polar surface area (TPSA) is 34.0 Å². The lowest BCUT2D eigenvalue weighted by Gasteiger charge is -2.30. The molecule has 3 aromatic heterocycles. The third-order valence-corrected chi connectivity index (χ3v) is 13.4. The van der Waals surface area contributed by atoms with Crippen LogP contribution in [0, 0.1) is 0 Å². The molecule has 258 valence electrons. The average Bonchev–Trinajstić information content (AvgIpc) is 3.87. The van der Waals surface area contributed by atoms with E-state index in [4.69, 9.17) is 9.97 Å². The molecule has 0 amide bonds. The van der Waals surface area contributed by atoms with E-state index in [1.807, 2.05) is 0 Å². The second kappa shape index (κ2) is 11.0. The van der Waals surface area contributed by atoms with Gasteiger partial charge < -0.3 is 4.90 Å². The number of benzene rings is 6. The maximum atomic E-state index is 5.64. The summed E-state index contributed by atoms with van der Waals surface area (Å²) in [7, 11) is 0. The quantitative estimate of drug-likeness (QED) is 0.178. The lowest BCUT2D eigenvalue weighted by atomic mass is 9.86. The Kier molecular flexibility index (Phi) is 5.97. The monoisotopic (exact) mass is 720 g/mol. The molecule has 5 heteroatoms. The Morgan fingerprint density at radius 2 is 1.47 bits per heavy atom. The van der Waals surface area contributed by atoms with E-state index in [9.17, 15) is 0 Å². The highest BCUT2D eigenvalue weighted by molar-refractivity contribution is 7.25. The number of aromatic nitrogens is 3. The molecule has 0 radical (unpaired) electrons. The molecule has 2 aliphatic heterocycles. The van der Waals surface area contributed by atoms with Crippen LogP contribution in [-0.2, 0) is 6.42 Å². The molecule has 55 heavy (non-hydrogen) atoms. The first-order valence-electron chi connectivity index (χ1n) is 19.2. The second-order valence-electron chi connectivity index (χ2n) is 15.2. The third kappa shape index (κ3) is 4.00. The molecule has 2 unspecified atom stereocenters. The molecule has 2 atom stereocenters. The van der Waals surface area contributed by atoms with Crippen molar-refractivity contribution in [3.8, 4) is 39.5 Å². The molecule has 0 bridgehead atoms. The van der Waals surface area contributed by atoms with Crippen LogP contribution in [0.5, 0.6) is 0 Å². The summed E-state index contributed by atoms with van der Waals surface area (Å²) in [6.45, 7) is 0. The van der Waals surface area contributed by atoms with Crippen molar-refractivity contribution in [2.75, 3.05) is 4.90 Å². The summed E-state index contributed by atoms with van der Waals surface area (Å²) < 4.78 is 3.58. The lowest BCUT2D eigenvalue weighted by molar-refractivity contribution is 0.745. The SMILES string of the molecule is C1=CC2c3cc4c(c5c3N(c3ccccc3-c3ccccc3-5)C2C=C1)c1ccccc1n4-c1nc(-c2ccc3c(c2)C=CCC3)c2c(n1)sc1ccccc12. The van der Waals surface area contributed by atoms with Crippen LogP contribution in [0.1, 0.15) is 29.0 Å². The van der Waals surface area contributed by atoms with E-state index in [1.54, 1.807) is 11.3 Å². The predicted octanol–water partition coefficient (Wildman–Crippen LogP) is 12.9. The molecule has 0 spiro atoms. The van der Waals surface area contributed by atoms with Crippen molar-refractivity contribution >= 4 is 70.9 Å². The van der Waals surface area contributed by atoms with Crippen LogP contribution in [0.15, 0.2) is 152 Å². The number of hydrogen-bond acceptors (Lipinski definition) is 4. The van der Waals surface area contributed by atoms with Gasteiger partial charge in [-0.15, -0.1) is 11.3 Å². The van der Waals surface area contributed by atoms with E-state index < -0.39 is 0 Å². The minimum Gasteiger partial charge on any atom is -0.332 e. The van der Waals surface area contributed by atoms with Crippen molar-refractivity contribution in [2.45, 2.75) is 24.8 Å². The normalized spacial score (nSPS) is 17.4. The Balaban J connectivity index is 1.18. The van der Waals surface area contributed by atoms with Crippen LogP contribution >= 0.6 is 11.3 Å². The zero-order valence-electron chi connectivity index (χ0n) is 29.8. The van der Waals surface area contributed by atoms with E-state index in [0.717, 1.165) is 45.3 Å². The fourth-order valence-electron chi connectivity index (χ4n) is 10.0. The molecule has 4 nitrogen and oxygen atoms in total. The number of aryl methyl sites for hydroxylation is 1. The van der Waals surface area contributed by atoms with Gasteiger partial charge in [-0.05, 0) is 71.0 Å². The smallest absolute Gasteiger partial charge is 0.236 e. The van der Waals surface area contributed by atoms with Crippen molar-refractivity contribution in [2.24, 2.45) is 0 Å². The standard InChI is InChI=1S/C50H32N4S/c1-2-14-30-27-31(26-25-29(30)13-1)47-46-37-20-8-12-24-43(37)55-49(46)52-50(51-47)54-41-23-11-7-19-36(41)44-42(54)28-38-34-17-6-10-22-40(34)53-39-21-9-5-16-33(39)32-15-3-4-18-35(32)45(44)48(38)53/h2-12,14-28,34,40H,1,13H2. The fraction of sp³-hybridized carbons (Fsp3) is 0.0800. The molecule has 0 fully saturated rings. The summed E-state index contributed by atoms with van der Waals surface area (Å²) in [5, 5.41) is 4.78. The van der Waals surface area contributed by atoms with E-state index >= 15 is 0 Å². The number of rotatable bonds is 2. The maximum absolute atomic E-state index is 5.64. The highest BCUT2D eigenvalue weighted by Crippen LogP contribution is 2.60. The third-order valence-electron chi connectivity index (χ3n) is 12.3. The molecule has 4 aliphatic rings. The van der Waals surface area contributed by atoms with Crippen molar-refractivity contribution in [3.63, 3.8) is 0 Å². The first-order valence-corrected chi connectivity index (χ1v) is 20.0. The van der Waals surface area contributed by atoms with Gasteiger partial charge in [0.15, 0.2) is 0 Å². The zero-order valence-corrected chi connectivity index (χ0v) is 30.6. The summed E-state index contributed by atoms with van der Waals surface area (Å²) in [6.07, 6.45) is 15.9. The Morgan fingerprint density at radius 1 is 0.673 bits per heavy atom. The van der Waals surface area contributed by atoms with Crippen LogP contribution in [0.25, 0.3) is 87.6 Å². The lowest BCUT2D eigenvalue weighted by Crippen LogP contribution is -2.28. The zero-order chi connectivity index (χ0) is 35.8. The van der Waals surface area contributed by atoms with Crippen LogP contribution < -0.4 is 4.90 Å². The van der Waals surface area contributed by atoms with Crippen LogP contribution in [-0.4, -0.2) is 20.6 Å². The number of nitrogens with zero attached hydrogens (tertiary/aromatic N) is 4. The van der Waals surface area contributed by atoms with Gasteiger partial charge in [0.2, 0.25) is 5.95 Å². The Hall–Kier alpha value is -6.56. The minimum absolute atomic E-state index is 0.177. The molecule has 6 aromatic carbocycles. The number of hydrogen-bond donors (Lipinski definition) is 0. The van der Waals surface area contributed by atoms with Gasteiger partial charge in [-0.1, -0.05) is 127 Å². The largest absolute Gasteiger partial charge is 0.332 e. The van der Waals surface area contributed by atoms with E-state index in [2.05, 4.69) is 167 Å². The first-order chi connectivity index (χ1) is 27.3. The molecule has 2 aliphatic carbocycles. The van der Waals surface area contributed by atoms with Crippen LogP contribution in [0.2, 0.25) is 0 Å². The minimum atomic E-state index is 0.177. The fourth-order valence-corrected chi connectivity index (χ4v) is 11.1. The van der Waals surface area contributed by atoms with Crippen molar-refractivity contribution in [1.29, 1.82) is 0 Å². The molecule has 0 N–H and O–H groups in total. The molecule has 0 saturated heterocycles. The van der Waals surface area contributed by atoms with E-state index in [0.29, 0.717) is 5.95 Å². The Morgan fingerprint density at radius 3 is 2.42 bits per heavy atom. The summed E-state index contributed by atoms with van der Waals surface area (Å²) in [6, 6.07) is 45.1. The molecule has 13 rings (SSSR count). The number of thiophene rings is 1. The molecular weight excluding hydrogens is 689 g/mol. The number of para-hydroxylation sites is 2. The Bertz CT molecular complexity index is 3250. The number of allylic oxidation sites excluding steroid dienone is 3. The van der Waals surface area contributed by atoms with Crippen molar-refractivity contribution in [3.05, 3.63) is 168 Å². The van der Waals surface area contributed by atoms with Gasteiger partial charge in [-0.2, -0.15) is 0 Å². The molecule has 0 saturated carbocycles. The molecule has 9 aromatic rings. The van der Waals surface area contributed by atoms with Crippen molar-refractivity contribution in [1.82, 2.24) is 14.5 Å². The Labute approximate surface area is 321 Å². The predicted molar refractivity (Wildman–Crippen MR) is 230 cm³/mol. The van der Waals surface area contributed by atoms with E-state index in [-0.39, 0.29) is 12.0 Å². The first kappa shape index (κ1) is 29.8.